The monoisotopic (exact) mass is 532 g/mol. The zero-order valence-corrected chi connectivity index (χ0v) is 21.1. The molecular formula is C23H25BrN4O4S. The molecule has 3 aromatic rings. The number of benzene rings is 2. The molecule has 0 aliphatic rings. The van der Waals surface area contributed by atoms with Crippen molar-refractivity contribution in [3.8, 4) is 11.4 Å². The number of hydrogen-bond acceptors (Lipinski definition) is 5. The van der Waals surface area contributed by atoms with Gasteiger partial charge in [-0.05, 0) is 56.3 Å². The van der Waals surface area contributed by atoms with Crippen molar-refractivity contribution in [3.05, 3.63) is 76.0 Å². The fourth-order valence-electron chi connectivity index (χ4n) is 3.41. The van der Waals surface area contributed by atoms with Crippen molar-refractivity contribution in [3.63, 3.8) is 0 Å². The van der Waals surface area contributed by atoms with E-state index in [1.54, 1.807) is 30.5 Å². The highest BCUT2D eigenvalue weighted by molar-refractivity contribution is 9.10. The Balaban J connectivity index is 1.74. The van der Waals surface area contributed by atoms with Gasteiger partial charge in [0, 0.05) is 33.2 Å². The van der Waals surface area contributed by atoms with E-state index in [0.717, 1.165) is 37.7 Å². The van der Waals surface area contributed by atoms with E-state index in [1.165, 1.54) is 7.11 Å². The predicted molar refractivity (Wildman–Crippen MR) is 134 cm³/mol. The Morgan fingerprint density at radius 2 is 1.88 bits per heavy atom. The third kappa shape index (κ3) is 6.02. The van der Waals surface area contributed by atoms with E-state index in [0.29, 0.717) is 11.4 Å². The van der Waals surface area contributed by atoms with Crippen LogP contribution in [0.1, 0.15) is 17.0 Å². The summed E-state index contributed by atoms with van der Waals surface area (Å²) in [6.07, 6.45) is 2.59. The average molecular weight is 533 g/mol. The maximum atomic E-state index is 12.5. The van der Waals surface area contributed by atoms with Gasteiger partial charge < -0.3 is 9.30 Å². The van der Waals surface area contributed by atoms with E-state index in [4.69, 9.17) is 4.74 Å². The Kier molecular flexibility index (Phi) is 7.60. The van der Waals surface area contributed by atoms with Gasteiger partial charge in [-0.25, -0.2) is 13.8 Å². The Hall–Kier alpha value is -3.11. The number of anilines is 1. The SMILES string of the molecule is COc1cccc(N(CC(=O)N/N=C\c2cc(C)n(-c3ccc(Br)cc3)c2C)S(C)(=O)=O)c1. The molecule has 2 aromatic carbocycles. The Bertz CT molecular complexity index is 1280. The second-order valence-corrected chi connectivity index (χ2v) is 10.2. The highest BCUT2D eigenvalue weighted by Gasteiger charge is 2.21. The van der Waals surface area contributed by atoms with Gasteiger partial charge in [-0.2, -0.15) is 5.10 Å². The van der Waals surface area contributed by atoms with Crippen molar-refractivity contribution in [2.24, 2.45) is 5.10 Å². The molecule has 1 N–H and O–H groups in total. The molecule has 33 heavy (non-hydrogen) atoms. The minimum atomic E-state index is -3.70. The number of nitrogens with one attached hydrogen (secondary N) is 1. The minimum absolute atomic E-state index is 0.328. The van der Waals surface area contributed by atoms with Crippen LogP contribution in [0.15, 0.2) is 64.2 Å². The van der Waals surface area contributed by atoms with Gasteiger partial charge in [-0.3, -0.25) is 9.10 Å². The number of aromatic nitrogens is 1. The summed E-state index contributed by atoms with van der Waals surface area (Å²) in [5.74, 6) is -0.0816. The van der Waals surface area contributed by atoms with Crippen LogP contribution in [0.2, 0.25) is 0 Å². The molecule has 1 aromatic heterocycles. The van der Waals surface area contributed by atoms with Gasteiger partial charge in [0.05, 0.1) is 25.3 Å². The number of carbonyl (C=O) groups is 1. The lowest BCUT2D eigenvalue weighted by molar-refractivity contribution is -0.119. The van der Waals surface area contributed by atoms with Crippen molar-refractivity contribution in [1.82, 2.24) is 9.99 Å². The number of amides is 1. The van der Waals surface area contributed by atoms with Crippen molar-refractivity contribution in [2.75, 3.05) is 24.2 Å². The zero-order valence-electron chi connectivity index (χ0n) is 18.7. The van der Waals surface area contributed by atoms with Crippen LogP contribution in [0.4, 0.5) is 5.69 Å². The van der Waals surface area contributed by atoms with Crippen molar-refractivity contribution in [2.45, 2.75) is 13.8 Å². The van der Waals surface area contributed by atoms with E-state index >= 15 is 0 Å². The van der Waals surface area contributed by atoms with Crippen LogP contribution >= 0.6 is 15.9 Å². The molecule has 174 valence electrons. The lowest BCUT2D eigenvalue weighted by Gasteiger charge is -2.21. The summed E-state index contributed by atoms with van der Waals surface area (Å²) in [5, 5.41) is 4.04. The number of halogens is 1. The smallest absolute Gasteiger partial charge is 0.260 e. The van der Waals surface area contributed by atoms with Crippen LogP contribution in [0.3, 0.4) is 0 Å². The number of hydrazone groups is 1. The Labute approximate surface area is 202 Å². The first-order valence-electron chi connectivity index (χ1n) is 9.98. The van der Waals surface area contributed by atoms with Gasteiger partial charge in [0.25, 0.3) is 5.91 Å². The van der Waals surface area contributed by atoms with Gasteiger partial charge in [0.1, 0.15) is 12.3 Å². The molecular weight excluding hydrogens is 508 g/mol. The van der Waals surface area contributed by atoms with Crippen LogP contribution in [0, 0.1) is 13.8 Å². The molecule has 0 unspecified atom stereocenters. The van der Waals surface area contributed by atoms with Gasteiger partial charge >= 0.3 is 0 Å². The third-order valence-corrected chi connectivity index (χ3v) is 6.65. The molecule has 0 aliphatic carbocycles. The summed E-state index contributed by atoms with van der Waals surface area (Å²) in [6, 6.07) is 16.4. The first-order chi connectivity index (χ1) is 15.6. The molecule has 0 fully saturated rings. The number of ether oxygens (including phenoxy) is 1. The largest absolute Gasteiger partial charge is 0.497 e. The lowest BCUT2D eigenvalue weighted by Crippen LogP contribution is -2.39. The molecule has 0 atom stereocenters. The number of nitrogens with zero attached hydrogens (tertiary/aromatic N) is 3. The topological polar surface area (TPSA) is 93.0 Å². The Morgan fingerprint density at radius 3 is 2.52 bits per heavy atom. The molecule has 8 nitrogen and oxygen atoms in total. The summed E-state index contributed by atoms with van der Waals surface area (Å²) in [6.45, 7) is 3.54. The molecule has 0 saturated heterocycles. The van der Waals surface area contributed by atoms with Gasteiger partial charge in [0.2, 0.25) is 10.0 Å². The van der Waals surface area contributed by atoms with E-state index in [2.05, 4.69) is 31.0 Å². The molecule has 0 radical (unpaired) electrons. The summed E-state index contributed by atoms with van der Waals surface area (Å²) in [7, 11) is -2.21. The molecule has 10 heteroatoms. The number of hydrogen-bond donors (Lipinski definition) is 1. The highest BCUT2D eigenvalue weighted by atomic mass is 79.9. The number of carbonyl (C=O) groups excluding carboxylic acids is 1. The fraction of sp³-hybridized carbons (Fsp3) is 0.217. The first-order valence-corrected chi connectivity index (χ1v) is 12.6. The number of rotatable bonds is 8. The third-order valence-electron chi connectivity index (χ3n) is 4.98. The van der Waals surface area contributed by atoms with Gasteiger partial charge in [-0.1, -0.05) is 22.0 Å². The molecule has 0 bridgehead atoms. The molecule has 3 rings (SSSR count). The van der Waals surface area contributed by atoms with E-state index < -0.39 is 22.5 Å². The minimum Gasteiger partial charge on any atom is -0.497 e. The Morgan fingerprint density at radius 1 is 1.18 bits per heavy atom. The molecule has 0 saturated carbocycles. The second kappa shape index (κ2) is 10.2. The quantitative estimate of drug-likeness (QED) is 0.353. The fourth-order valence-corrected chi connectivity index (χ4v) is 4.52. The summed E-state index contributed by atoms with van der Waals surface area (Å²) in [4.78, 5) is 12.5. The molecule has 0 aliphatic heterocycles. The number of aryl methyl sites for hydroxylation is 1. The summed E-state index contributed by atoms with van der Waals surface area (Å²) in [5.41, 5.74) is 6.57. The maximum Gasteiger partial charge on any atom is 0.260 e. The van der Waals surface area contributed by atoms with Crippen LogP contribution in [0.25, 0.3) is 5.69 Å². The van der Waals surface area contributed by atoms with Crippen molar-refractivity contribution < 1.29 is 17.9 Å². The van der Waals surface area contributed by atoms with Crippen LogP contribution < -0.4 is 14.5 Å². The molecule has 1 heterocycles. The highest BCUT2D eigenvalue weighted by Crippen LogP contribution is 2.23. The molecule has 1 amide bonds. The molecule has 0 spiro atoms. The van der Waals surface area contributed by atoms with Gasteiger partial charge in [-0.15, -0.1) is 0 Å². The van der Waals surface area contributed by atoms with E-state index in [-0.39, 0.29) is 0 Å². The van der Waals surface area contributed by atoms with Crippen LogP contribution in [-0.2, 0) is 14.8 Å². The maximum absolute atomic E-state index is 12.5. The number of methoxy groups -OCH3 is 1. The summed E-state index contributed by atoms with van der Waals surface area (Å²) < 4.78 is 33.8. The average Bonchev–Trinajstić information content (AvgIpc) is 3.05. The van der Waals surface area contributed by atoms with E-state index in [1.807, 2.05) is 44.2 Å². The van der Waals surface area contributed by atoms with Crippen molar-refractivity contribution in [1.29, 1.82) is 0 Å². The van der Waals surface area contributed by atoms with Crippen LogP contribution in [-0.4, -0.2) is 45.0 Å². The predicted octanol–water partition coefficient (Wildman–Crippen LogP) is 3.78. The van der Waals surface area contributed by atoms with Gasteiger partial charge in [0.15, 0.2) is 0 Å². The normalized spacial score (nSPS) is 11.5. The van der Waals surface area contributed by atoms with Crippen molar-refractivity contribution >= 4 is 43.8 Å². The van der Waals surface area contributed by atoms with E-state index in [9.17, 15) is 13.2 Å². The zero-order chi connectivity index (χ0) is 24.2. The second-order valence-electron chi connectivity index (χ2n) is 7.40. The first kappa shape index (κ1) is 24.5. The lowest BCUT2D eigenvalue weighted by atomic mass is 10.2. The summed E-state index contributed by atoms with van der Waals surface area (Å²) >= 11 is 3.44. The van der Waals surface area contributed by atoms with Crippen LogP contribution in [0.5, 0.6) is 5.75 Å². The standard InChI is InChI=1S/C23H25BrN4O4S/c1-16-12-18(17(2)28(16)20-10-8-19(24)9-11-20)14-25-26-23(29)15-27(33(4,30)31)21-6-5-7-22(13-21)32-3/h5-14H,15H2,1-4H3,(H,26,29)/b25-14-. The number of sulfonamides is 1.